The van der Waals surface area contributed by atoms with Crippen LogP contribution in [0.15, 0.2) is 36.4 Å². The maximum absolute atomic E-state index is 14.7. The van der Waals surface area contributed by atoms with Gasteiger partial charge in [-0.05, 0) is 70.6 Å². The van der Waals surface area contributed by atoms with E-state index in [1.165, 1.54) is 17.0 Å². The molecule has 5 atom stereocenters. The van der Waals surface area contributed by atoms with Crippen molar-refractivity contribution in [2.75, 3.05) is 6.54 Å². The number of nitrogens with one attached hydrogen (secondary N) is 3. The van der Waals surface area contributed by atoms with Crippen LogP contribution >= 0.6 is 0 Å². The topological polar surface area (TPSA) is 195 Å². The average molecular weight is 751 g/mol. The van der Waals surface area contributed by atoms with Gasteiger partial charge in [0.25, 0.3) is 11.8 Å². The van der Waals surface area contributed by atoms with Gasteiger partial charge in [-0.25, -0.2) is 22.8 Å². The van der Waals surface area contributed by atoms with Crippen LogP contribution in [0.2, 0.25) is 0 Å². The zero-order chi connectivity index (χ0) is 37.7. The molecule has 4 aliphatic rings. The summed E-state index contributed by atoms with van der Waals surface area (Å²) in [6.45, 7) is 3.36. The summed E-state index contributed by atoms with van der Waals surface area (Å²) < 4.78 is 50.3. The highest BCUT2D eigenvalue weighted by atomic mass is 32.2. The van der Waals surface area contributed by atoms with Crippen LogP contribution in [0.3, 0.4) is 0 Å². The minimum Gasteiger partial charge on any atom is -0.471 e. The molecule has 2 aromatic heterocycles. The molecule has 2 aliphatic heterocycles. The first-order chi connectivity index (χ1) is 25.3. The molecule has 4 amide bonds. The van der Waals surface area contributed by atoms with Crippen LogP contribution in [-0.2, 0) is 31.5 Å². The van der Waals surface area contributed by atoms with Crippen LogP contribution in [0.1, 0.15) is 79.7 Å². The highest BCUT2D eigenvalue weighted by molar-refractivity contribution is 7.91. The van der Waals surface area contributed by atoms with E-state index in [0.717, 1.165) is 18.5 Å². The summed E-state index contributed by atoms with van der Waals surface area (Å²) in [7, 11) is -2.21. The van der Waals surface area contributed by atoms with Crippen molar-refractivity contribution in [2.24, 2.45) is 13.0 Å². The van der Waals surface area contributed by atoms with E-state index in [1.54, 1.807) is 37.7 Å². The molecule has 3 fully saturated rings. The predicted octanol–water partition coefficient (Wildman–Crippen LogP) is 2.27. The molecule has 0 radical (unpaired) electrons. The van der Waals surface area contributed by atoms with Crippen LogP contribution in [0.5, 0.6) is 5.88 Å². The highest BCUT2D eigenvalue weighted by Crippen LogP contribution is 2.46. The molecule has 0 unspecified atom stereocenters. The number of benzene rings is 1. The standard InChI is InChI=1S/C36H43FN8O7S/c1-20-16-28(42-44(20)3)31(46)39-27-12-8-6-4-5-7-10-22-18-36(22,35(49)43-53(50,51)24-14-15-24)41-32(47)29-17-23(19-45(29)34(27)48)52-33-21(2)38-26-13-9-11-25(37)30(26)40-33/h7,9-11,13,16,22-24,27,29H,4-6,8,12,14-15,17-19H2,1-3H3,(H,39,46)(H,41,47)(H,43,49)/b10-7-/t22-,23-,27+,29+,36-/m1/s1. The monoisotopic (exact) mass is 750 g/mol. The van der Waals surface area contributed by atoms with Gasteiger partial charge in [0.2, 0.25) is 27.7 Å². The summed E-state index contributed by atoms with van der Waals surface area (Å²) in [5, 5.41) is 9.29. The fourth-order valence-electron chi connectivity index (χ4n) is 7.14. The average Bonchev–Trinajstić information content (AvgIpc) is 4.01. The van der Waals surface area contributed by atoms with Gasteiger partial charge in [-0.15, -0.1) is 0 Å². The lowest BCUT2D eigenvalue weighted by Gasteiger charge is -2.29. The molecular formula is C36H43FN8O7S. The molecule has 1 aromatic carbocycles. The molecule has 17 heteroatoms. The Hall–Kier alpha value is -4.93. The van der Waals surface area contributed by atoms with Gasteiger partial charge in [0.15, 0.2) is 5.82 Å². The Labute approximate surface area is 306 Å². The molecule has 3 aromatic rings. The van der Waals surface area contributed by atoms with Gasteiger partial charge in [0, 0.05) is 25.1 Å². The van der Waals surface area contributed by atoms with Gasteiger partial charge in [-0.3, -0.25) is 28.6 Å². The summed E-state index contributed by atoms with van der Waals surface area (Å²) in [4.78, 5) is 66.0. The number of hydrogen-bond donors (Lipinski definition) is 3. The molecular weight excluding hydrogens is 708 g/mol. The van der Waals surface area contributed by atoms with Crippen molar-refractivity contribution in [1.82, 2.24) is 40.0 Å². The van der Waals surface area contributed by atoms with E-state index in [9.17, 15) is 32.0 Å². The maximum atomic E-state index is 14.7. The number of hydrogen-bond acceptors (Lipinski definition) is 10. The first-order valence-corrected chi connectivity index (χ1v) is 19.6. The molecule has 15 nitrogen and oxygen atoms in total. The number of aromatic nitrogens is 4. The second-order valence-corrected chi connectivity index (χ2v) is 16.5. The quantitative estimate of drug-likeness (QED) is 0.302. The van der Waals surface area contributed by atoms with E-state index in [2.05, 4.69) is 30.4 Å². The Morgan fingerprint density at radius 3 is 2.62 bits per heavy atom. The zero-order valence-corrected chi connectivity index (χ0v) is 30.6. The first-order valence-electron chi connectivity index (χ1n) is 18.0. The van der Waals surface area contributed by atoms with Gasteiger partial charge >= 0.3 is 0 Å². The normalized spacial score (nSPS) is 27.1. The summed E-state index contributed by atoms with van der Waals surface area (Å²) in [6.07, 6.45) is 7.09. The largest absolute Gasteiger partial charge is 0.471 e. The van der Waals surface area contributed by atoms with Gasteiger partial charge in [-0.1, -0.05) is 31.1 Å². The smallest absolute Gasteiger partial charge is 0.272 e. The zero-order valence-electron chi connectivity index (χ0n) is 29.8. The van der Waals surface area contributed by atoms with Crippen LogP contribution < -0.4 is 20.1 Å². The highest BCUT2D eigenvalue weighted by Gasteiger charge is 2.62. The molecule has 7 rings (SSSR count). The lowest BCUT2D eigenvalue weighted by atomic mass is 10.0. The van der Waals surface area contributed by atoms with E-state index in [4.69, 9.17) is 4.74 Å². The molecule has 282 valence electrons. The third kappa shape index (κ3) is 7.48. The van der Waals surface area contributed by atoms with E-state index in [-0.39, 0.29) is 36.5 Å². The second-order valence-electron chi connectivity index (χ2n) is 14.5. The number of aryl methyl sites for hydroxylation is 3. The number of sulfonamides is 1. The Morgan fingerprint density at radius 2 is 1.89 bits per heavy atom. The van der Waals surface area contributed by atoms with Crippen molar-refractivity contribution in [3.05, 3.63) is 59.3 Å². The maximum Gasteiger partial charge on any atom is 0.272 e. The summed E-state index contributed by atoms with van der Waals surface area (Å²) in [6, 6.07) is 3.83. The molecule has 0 spiro atoms. The summed E-state index contributed by atoms with van der Waals surface area (Å²) >= 11 is 0. The van der Waals surface area contributed by atoms with Gasteiger partial charge < -0.3 is 20.3 Å². The van der Waals surface area contributed by atoms with Gasteiger partial charge in [0.1, 0.15) is 40.6 Å². The number of ether oxygens (including phenoxy) is 1. The van der Waals surface area contributed by atoms with Crippen LogP contribution in [-0.4, -0.2) is 92.2 Å². The minimum atomic E-state index is -3.91. The van der Waals surface area contributed by atoms with E-state index in [0.29, 0.717) is 43.3 Å². The van der Waals surface area contributed by atoms with Gasteiger partial charge in [-0.2, -0.15) is 5.10 Å². The number of para-hydroxylation sites is 1. The molecule has 2 aliphatic carbocycles. The van der Waals surface area contributed by atoms with Crippen LogP contribution in [0.4, 0.5) is 4.39 Å². The lowest BCUT2D eigenvalue weighted by Crippen LogP contribution is -2.58. The first kappa shape index (κ1) is 36.4. The number of carbonyl (C=O) groups excluding carboxylic acids is 4. The van der Waals surface area contributed by atoms with Gasteiger partial charge in [0.05, 0.1) is 17.3 Å². The Kier molecular flexibility index (Phi) is 9.72. The molecule has 2 saturated carbocycles. The Bertz CT molecular complexity index is 2100. The fraction of sp³-hybridized carbons (Fsp3) is 0.528. The number of halogens is 1. The van der Waals surface area contributed by atoms with Crippen molar-refractivity contribution < 1.29 is 36.7 Å². The number of amides is 4. The van der Waals surface area contributed by atoms with E-state index >= 15 is 0 Å². The minimum absolute atomic E-state index is 0.00392. The van der Waals surface area contributed by atoms with Crippen molar-refractivity contribution >= 4 is 44.7 Å². The molecule has 1 saturated heterocycles. The lowest BCUT2D eigenvalue weighted by molar-refractivity contribution is -0.141. The number of fused-ring (bicyclic) bond motifs is 3. The van der Waals surface area contributed by atoms with E-state index < -0.39 is 74.4 Å². The fourth-order valence-corrected chi connectivity index (χ4v) is 8.50. The van der Waals surface area contributed by atoms with Crippen LogP contribution in [0, 0.1) is 25.6 Å². The van der Waals surface area contributed by atoms with E-state index in [1.807, 2.05) is 12.2 Å². The molecule has 53 heavy (non-hydrogen) atoms. The number of allylic oxidation sites excluding steroid dienone is 1. The summed E-state index contributed by atoms with van der Waals surface area (Å²) in [5.74, 6) is -3.57. The third-order valence-electron chi connectivity index (χ3n) is 10.5. The number of carbonyl (C=O) groups is 4. The Morgan fingerprint density at radius 1 is 1.09 bits per heavy atom. The van der Waals surface area contributed by atoms with Crippen molar-refractivity contribution in [2.45, 2.75) is 101 Å². The predicted molar refractivity (Wildman–Crippen MR) is 189 cm³/mol. The van der Waals surface area contributed by atoms with Crippen LogP contribution in [0.25, 0.3) is 11.0 Å². The summed E-state index contributed by atoms with van der Waals surface area (Å²) in [5.41, 5.74) is 0.0727. The molecule has 3 N–H and O–H groups in total. The van der Waals surface area contributed by atoms with Crippen molar-refractivity contribution in [3.63, 3.8) is 0 Å². The third-order valence-corrected chi connectivity index (χ3v) is 12.4. The Balaban J connectivity index is 1.20. The number of rotatable bonds is 7. The molecule has 0 bridgehead atoms. The second kappa shape index (κ2) is 14.1. The molecule has 4 heterocycles. The van der Waals surface area contributed by atoms with Crippen molar-refractivity contribution in [1.29, 1.82) is 0 Å². The van der Waals surface area contributed by atoms with Crippen molar-refractivity contribution in [3.8, 4) is 5.88 Å². The number of nitrogens with zero attached hydrogens (tertiary/aromatic N) is 5. The SMILES string of the molecule is Cc1nc2cccc(F)c2nc1O[C@@H]1C[C@H]2C(=O)N[C@]3(C(=O)NS(=O)(=O)C4CC4)C[C@H]3/C=C\CCCCC[C@H](NC(=O)c3cc(C)n(C)n3)C(=O)N2C1.